The molecule has 0 aliphatic rings. The van der Waals surface area contributed by atoms with Crippen molar-refractivity contribution in [3.8, 4) is 0 Å². The molecule has 1 rings (SSSR count). The Morgan fingerprint density at radius 2 is 1.87 bits per heavy atom. The van der Waals surface area contributed by atoms with Gasteiger partial charge in [-0.1, -0.05) is 29.3 Å². The minimum atomic E-state index is 0.614. The summed E-state index contributed by atoms with van der Waals surface area (Å²) in [7, 11) is 1.95. The molecular weight excluding hydrogens is 231 g/mol. The molecule has 0 spiro atoms. The van der Waals surface area contributed by atoms with Gasteiger partial charge in [-0.25, -0.2) is 0 Å². The molecule has 0 saturated carbocycles. The van der Waals surface area contributed by atoms with Crippen LogP contribution in [0.25, 0.3) is 0 Å². The van der Waals surface area contributed by atoms with Crippen molar-refractivity contribution in [2.75, 3.05) is 26.7 Å². The maximum absolute atomic E-state index is 5.91. The van der Waals surface area contributed by atoms with Crippen molar-refractivity contribution < 1.29 is 0 Å². The van der Waals surface area contributed by atoms with Crippen LogP contribution in [0.15, 0.2) is 18.2 Å². The van der Waals surface area contributed by atoms with E-state index >= 15 is 0 Å². The summed E-state index contributed by atoms with van der Waals surface area (Å²) >= 11 is 11.7. The highest BCUT2D eigenvalue weighted by molar-refractivity contribution is 6.42. The Bertz CT molecular complexity index is 303. The van der Waals surface area contributed by atoms with Crippen molar-refractivity contribution in [2.24, 2.45) is 0 Å². The second kappa shape index (κ2) is 7.07. The molecule has 0 aliphatic heterocycles. The summed E-state index contributed by atoms with van der Waals surface area (Å²) in [5, 5.41) is 7.66. The second-order valence-electron chi connectivity index (χ2n) is 3.35. The van der Waals surface area contributed by atoms with Crippen LogP contribution in [0, 0.1) is 0 Å². The molecule has 2 N–H and O–H groups in total. The van der Waals surface area contributed by atoms with Crippen molar-refractivity contribution in [3.63, 3.8) is 0 Å². The quantitative estimate of drug-likeness (QED) is 0.754. The summed E-state index contributed by atoms with van der Waals surface area (Å²) in [4.78, 5) is 0. The van der Waals surface area contributed by atoms with Crippen molar-refractivity contribution in [2.45, 2.75) is 6.42 Å². The molecule has 2 nitrogen and oxygen atoms in total. The molecule has 0 heterocycles. The van der Waals surface area contributed by atoms with Crippen LogP contribution in [-0.4, -0.2) is 26.7 Å². The lowest BCUT2D eigenvalue weighted by Gasteiger charge is -2.05. The van der Waals surface area contributed by atoms with Crippen LogP contribution >= 0.6 is 23.2 Å². The minimum absolute atomic E-state index is 0.614. The molecule has 0 unspecified atom stereocenters. The molecule has 1 aromatic rings. The highest BCUT2D eigenvalue weighted by atomic mass is 35.5. The first-order chi connectivity index (χ1) is 7.24. The van der Waals surface area contributed by atoms with Gasteiger partial charge in [0.1, 0.15) is 0 Å². The molecule has 15 heavy (non-hydrogen) atoms. The molecule has 84 valence electrons. The van der Waals surface area contributed by atoms with Gasteiger partial charge < -0.3 is 10.6 Å². The Balaban J connectivity index is 2.28. The van der Waals surface area contributed by atoms with E-state index in [1.807, 2.05) is 25.2 Å². The van der Waals surface area contributed by atoms with E-state index in [1.165, 1.54) is 5.56 Å². The summed E-state index contributed by atoms with van der Waals surface area (Å²) in [5.41, 5.74) is 1.21. The Morgan fingerprint density at radius 1 is 1.07 bits per heavy atom. The van der Waals surface area contributed by atoms with Crippen molar-refractivity contribution in [3.05, 3.63) is 33.8 Å². The van der Waals surface area contributed by atoms with E-state index in [2.05, 4.69) is 10.6 Å². The van der Waals surface area contributed by atoms with E-state index in [4.69, 9.17) is 23.2 Å². The van der Waals surface area contributed by atoms with Crippen molar-refractivity contribution in [1.82, 2.24) is 10.6 Å². The third-order valence-corrected chi connectivity index (χ3v) is 2.87. The van der Waals surface area contributed by atoms with Gasteiger partial charge >= 0.3 is 0 Å². The fourth-order valence-electron chi connectivity index (χ4n) is 1.27. The van der Waals surface area contributed by atoms with Gasteiger partial charge in [-0.05, 0) is 37.7 Å². The molecule has 0 fully saturated rings. The maximum atomic E-state index is 5.91. The molecule has 0 radical (unpaired) electrons. The predicted molar refractivity (Wildman–Crippen MR) is 67.0 cm³/mol. The van der Waals surface area contributed by atoms with E-state index in [1.54, 1.807) is 0 Å². The number of nitrogens with one attached hydrogen (secondary N) is 2. The Morgan fingerprint density at radius 3 is 2.53 bits per heavy atom. The van der Waals surface area contributed by atoms with Gasteiger partial charge in [-0.15, -0.1) is 0 Å². The SMILES string of the molecule is CNCCNCCc1ccc(Cl)c(Cl)c1. The molecular formula is C11H16Cl2N2. The number of hydrogen-bond acceptors (Lipinski definition) is 2. The zero-order chi connectivity index (χ0) is 11.1. The monoisotopic (exact) mass is 246 g/mol. The molecule has 0 bridgehead atoms. The van der Waals surface area contributed by atoms with Crippen LogP contribution in [0.4, 0.5) is 0 Å². The molecule has 0 atom stereocenters. The van der Waals surface area contributed by atoms with E-state index in [0.717, 1.165) is 26.1 Å². The number of halogens is 2. The van der Waals surface area contributed by atoms with Crippen LogP contribution in [0.2, 0.25) is 10.0 Å². The molecule has 0 aromatic heterocycles. The number of likely N-dealkylation sites (N-methyl/N-ethyl adjacent to an activating group) is 1. The molecule has 0 aliphatic carbocycles. The van der Waals surface area contributed by atoms with E-state index in [0.29, 0.717) is 10.0 Å². The first-order valence-corrected chi connectivity index (χ1v) is 5.79. The third-order valence-electron chi connectivity index (χ3n) is 2.13. The van der Waals surface area contributed by atoms with Crippen molar-refractivity contribution in [1.29, 1.82) is 0 Å². The first kappa shape index (κ1) is 12.8. The Labute approximate surface area is 101 Å². The lowest BCUT2D eigenvalue weighted by molar-refractivity contribution is 0.649. The summed E-state index contributed by atoms with van der Waals surface area (Å²) in [6, 6.07) is 5.77. The maximum Gasteiger partial charge on any atom is 0.0595 e. The van der Waals surface area contributed by atoms with Gasteiger partial charge in [0.2, 0.25) is 0 Å². The number of benzene rings is 1. The van der Waals surface area contributed by atoms with Crippen LogP contribution < -0.4 is 10.6 Å². The van der Waals surface area contributed by atoms with E-state index in [-0.39, 0.29) is 0 Å². The van der Waals surface area contributed by atoms with Crippen LogP contribution in [-0.2, 0) is 6.42 Å². The number of rotatable bonds is 6. The van der Waals surface area contributed by atoms with Crippen LogP contribution in [0.3, 0.4) is 0 Å². The molecule has 1 aromatic carbocycles. The Kier molecular flexibility index (Phi) is 6.03. The standard InChI is InChI=1S/C11H16Cl2N2/c1-14-6-7-15-5-4-9-2-3-10(12)11(13)8-9/h2-3,8,14-15H,4-7H2,1H3. The highest BCUT2D eigenvalue weighted by Gasteiger charge is 1.98. The number of hydrogen-bond donors (Lipinski definition) is 2. The predicted octanol–water partition coefficient (Wildman–Crippen LogP) is 2.34. The second-order valence-corrected chi connectivity index (χ2v) is 4.17. The Hall–Kier alpha value is -0.280. The summed E-state index contributed by atoms with van der Waals surface area (Å²) in [6.45, 7) is 2.93. The molecule has 0 saturated heterocycles. The summed E-state index contributed by atoms with van der Waals surface area (Å²) in [5.74, 6) is 0. The highest BCUT2D eigenvalue weighted by Crippen LogP contribution is 2.22. The van der Waals surface area contributed by atoms with Crippen LogP contribution in [0.5, 0.6) is 0 Å². The van der Waals surface area contributed by atoms with E-state index < -0.39 is 0 Å². The third kappa shape index (κ3) is 4.85. The van der Waals surface area contributed by atoms with Crippen LogP contribution in [0.1, 0.15) is 5.56 Å². The largest absolute Gasteiger partial charge is 0.318 e. The minimum Gasteiger partial charge on any atom is -0.318 e. The zero-order valence-electron chi connectivity index (χ0n) is 8.82. The van der Waals surface area contributed by atoms with Gasteiger partial charge in [-0.3, -0.25) is 0 Å². The lowest BCUT2D eigenvalue weighted by Crippen LogP contribution is -2.26. The molecule has 0 amide bonds. The van der Waals surface area contributed by atoms with Gasteiger partial charge in [-0.2, -0.15) is 0 Å². The fourth-order valence-corrected chi connectivity index (χ4v) is 1.59. The van der Waals surface area contributed by atoms with Gasteiger partial charge in [0.15, 0.2) is 0 Å². The van der Waals surface area contributed by atoms with Gasteiger partial charge in [0.25, 0.3) is 0 Å². The normalized spacial score (nSPS) is 10.6. The topological polar surface area (TPSA) is 24.1 Å². The average Bonchev–Trinajstić information content (AvgIpc) is 2.23. The molecule has 4 heteroatoms. The summed E-state index contributed by atoms with van der Waals surface area (Å²) < 4.78 is 0. The first-order valence-electron chi connectivity index (χ1n) is 5.03. The van der Waals surface area contributed by atoms with E-state index in [9.17, 15) is 0 Å². The summed E-state index contributed by atoms with van der Waals surface area (Å²) in [6.07, 6.45) is 0.973. The van der Waals surface area contributed by atoms with Gasteiger partial charge in [0, 0.05) is 13.1 Å². The smallest absolute Gasteiger partial charge is 0.0595 e. The van der Waals surface area contributed by atoms with Gasteiger partial charge in [0.05, 0.1) is 10.0 Å². The zero-order valence-corrected chi connectivity index (χ0v) is 10.3. The average molecular weight is 247 g/mol. The van der Waals surface area contributed by atoms with Crippen molar-refractivity contribution >= 4 is 23.2 Å². The fraction of sp³-hybridized carbons (Fsp3) is 0.455. The lowest BCUT2D eigenvalue weighted by atomic mass is 10.1.